The summed E-state index contributed by atoms with van der Waals surface area (Å²) in [5.74, 6) is 1.55. The normalized spacial score (nSPS) is 19.2. The molecule has 1 N–H and O–H groups in total. The highest BCUT2D eigenvalue weighted by Crippen LogP contribution is 2.15. The first-order valence-electron chi connectivity index (χ1n) is 5.12. The maximum Gasteiger partial charge on any atom is 0.359 e. The van der Waals surface area contributed by atoms with Gasteiger partial charge in [0, 0.05) is 0 Å². The van der Waals surface area contributed by atoms with Gasteiger partial charge in [-0.05, 0) is 13.0 Å². The molecule has 84 valence electrons. The summed E-state index contributed by atoms with van der Waals surface area (Å²) in [7, 11) is 1.61. The van der Waals surface area contributed by atoms with Gasteiger partial charge < -0.3 is 4.74 Å². The number of allylic oxidation sites excluding steroid dienone is 1. The third kappa shape index (κ3) is 1.76. The lowest BCUT2D eigenvalue weighted by atomic mass is 10.2. The molecule has 0 spiro atoms. The number of nitrogens with one attached hydrogen (secondary N) is 1. The summed E-state index contributed by atoms with van der Waals surface area (Å²) in [6.07, 6.45) is 7.31. The number of anilines is 1. The molecule has 2 rings (SSSR count). The standard InChI is InChI=1S/C11H13N3O2/c1-3-8(16-2)6-9-11(15)14-5-4-12-7-10(14)13-9/h3-5,7,9H,6H2,1-2H3/p+1/b8-3-. The summed E-state index contributed by atoms with van der Waals surface area (Å²) in [4.78, 5) is 15.9. The summed E-state index contributed by atoms with van der Waals surface area (Å²) >= 11 is 0. The maximum atomic E-state index is 12.0. The predicted octanol–water partition coefficient (Wildman–Crippen LogP) is 0.744. The smallest absolute Gasteiger partial charge is 0.359 e. The van der Waals surface area contributed by atoms with Crippen LogP contribution in [0.5, 0.6) is 0 Å². The zero-order chi connectivity index (χ0) is 11.5. The van der Waals surface area contributed by atoms with Crippen molar-refractivity contribution in [3.8, 4) is 0 Å². The summed E-state index contributed by atoms with van der Waals surface area (Å²) in [6.45, 7) is 1.89. The second kappa shape index (κ2) is 4.30. The summed E-state index contributed by atoms with van der Waals surface area (Å²) < 4.78 is 6.72. The largest absolute Gasteiger partial charge is 0.501 e. The Bertz CT molecular complexity index is 443. The van der Waals surface area contributed by atoms with Gasteiger partial charge in [0.15, 0.2) is 0 Å². The van der Waals surface area contributed by atoms with Gasteiger partial charge in [-0.3, -0.25) is 10.3 Å². The Morgan fingerprint density at radius 2 is 2.56 bits per heavy atom. The fourth-order valence-electron chi connectivity index (χ4n) is 1.73. The lowest BCUT2D eigenvalue weighted by Crippen LogP contribution is -2.42. The van der Waals surface area contributed by atoms with Crippen LogP contribution in [0.2, 0.25) is 0 Å². The van der Waals surface area contributed by atoms with Gasteiger partial charge in [-0.15, -0.1) is 0 Å². The lowest BCUT2D eigenvalue weighted by molar-refractivity contribution is -0.553. The fourth-order valence-corrected chi connectivity index (χ4v) is 1.73. The Hall–Kier alpha value is -1.91. The Morgan fingerprint density at radius 3 is 3.19 bits per heavy atom. The molecule has 2 heterocycles. The molecule has 1 aliphatic heterocycles. The molecular weight excluding hydrogens is 206 g/mol. The van der Waals surface area contributed by atoms with Crippen LogP contribution in [0.3, 0.4) is 0 Å². The number of hydrogen-bond donors (Lipinski definition) is 1. The highest BCUT2D eigenvalue weighted by atomic mass is 16.5. The van der Waals surface area contributed by atoms with Crippen molar-refractivity contribution in [1.82, 2.24) is 4.98 Å². The summed E-state index contributed by atoms with van der Waals surface area (Å²) in [6, 6.07) is -0.268. The van der Waals surface area contributed by atoms with Gasteiger partial charge >= 0.3 is 11.7 Å². The number of nitrogens with zero attached hydrogens (tertiary/aromatic N) is 2. The van der Waals surface area contributed by atoms with Gasteiger partial charge in [-0.1, -0.05) is 0 Å². The van der Waals surface area contributed by atoms with Gasteiger partial charge in [-0.2, -0.15) is 4.57 Å². The molecule has 0 aromatic carbocycles. The average Bonchev–Trinajstić information content (AvgIpc) is 2.64. The second-order valence-electron chi connectivity index (χ2n) is 3.53. The Kier molecular flexibility index (Phi) is 2.85. The molecule has 1 atom stereocenters. The minimum absolute atomic E-state index is 0.0220. The van der Waals surface area contributed by atoms with Gasteiger partial charge in [0.05, 0.1) is 25.5 Å². The monoisotopic (exact) mass is 220 g/mol. The third-order valence-corrected chi connectivity index (χ3v) is 2.61. The molecular formula is C11H14N3O2+. The second-order valence-corrected chi connectivity index (χ2v) is 3.53. The molecule has 1 aliphatic rings. The van der Waals surface area contributed by atoms with Gasteiger partial charge in [0.2, 0.25) is 6.04 Å². The van der Waals surface area contributed by atoms with Gasteiger partial charge in [0.1, 0.15) is 12.4 Å². The van der Waals surface area contributed by atoms with Crippen LogP contribution in [-0.4, -0.2) is 24.0 Å². The topological polar surface area (TPSA) is 55.1 Å². The molecule has 1 aromatic heterocycles. The number of fused-ring (bicyclic) bond motifs is 1. The first kappa shape index (κ1) is 10.6. The van der Waals surface area contributed by atoms with Crippen LogP contribution in [0, 0.1) is 0 Å². The SMILES string of the molecule is C/C=C(/CC1Nc2cncc[n+]2C1=O)OC. The van der Waals surface area contributed by atoms with Gasteiger partial charge in [0.25, 0.3) is 0 Å². The van der Waals surface area contributed by atoms with Crippen LogP contribution < -0.4 is 9.88 Å². The molecule has 0 saturated carbocycles. The first-order valence-corrected chi connectivity index (χ1v) is 5.12. The number of aromatic nitrogens is 2. The molecule has 0 bridgehead atoms. The molecule has 0 saturated heterocycles. The number of hydrogen-bond acceptors (Lipinski definition) is 4. The third-order valence-electron chi connectivity index (χ3n) is 2.61. The van der Waals surface area contributed by atoms with Crippen molar-refractivity contribution in [1.29, 1.82) is 0 Å². The number of ether oxygens (including phenoxy) is 1. The highest BCUT2D eigenvalue weighted by molar-refractivity contribution is 5.81. The highest BCUT2D eigenvalue weighted by Gasteiger charge is 2.38. The van der Waals surface area contributed by atoms with Crippen molar-refractivity contribution >= 4 is 11.7 Å². The van der Waals surface area contributed by atoms with E-state index in [1.54, 1.807) is 30.3 Å². The van der Waals surface area contributed by atoms with Crippen molar-refractivity contribution in [2.24, 2.45) is 0 Å². The van der Waals surface area contributed by atoms with E-state index in [2.05, 4.69) is 10.3 Å². The van der Waals surface area contributed by atoms with E-state index in [0.717, 1.165) is 11.6 Å². The molecule has 0 radical (unpaired) electrons. The van der Waals surface area contributed by atoms with Crippen LogP contribution in [0.15, 0.2) is 30.4 Å². The molecule has 0 fully saturated rings. The molecule has 5 heteroatoms. The number of carbonyl (C=O) groups is 1. The van der Waals surface area contributed by atoms with E-state index in [1.165, 1.54) is 0 Å². The van der Waals surface area contributed by atoms with E-state index in [1.807, 2.05) is 13.0 Å². The van der Waals surface area contributed by atoms with Crippen molar-refractivity contribution in [2.75, 3.05) is 12.4 Å². The summed E-state index contributed by atoms with van der Waals surface area (Å²) in [5.41, 5.74) is 0. The Balaban J connectivity index is 2.16. The molecule has 0 amide bonds. The number of carbonyl (C=O) groups excluding carboxylic acids is 1. The fraction of sp³-hybridized carbons (Fsp3) is 0.364. The zero-order valence-corrected chi connectivity index (χ0v) is 9.30. The molecule has 1 unspecified atom stereocenters. The van der Waals surface area contributed by atoms with E-state index in [-0.39, 0.29) is 11.9 Å². The van der Waals surface area contributed by atoms with Gasteiger partial charge in [-0.25, -0.2) is 4.79 Å². The van der Waals surface area contributed by atoms with Crippen molar-refractivity contribution in [2.45, 2.75) is 19.4 Å². The number of methoxy groups -OCH3 is 1. The Morgan fingerprint density at radius 1 is 1.75 bits per heavy atom. The quantitative estimate of drug-likeness (QED) is 0.603. The summed E-state index contributed by atoms with van der Waals surface area (Å²) in [5, 5.41) is 3.11. The van der Waals surface area contributed by atoms with Crippen molar-refractivity contribution in [3.05, 3.63) is 30.4 Å². The van der Waals surface area contributed by atoms with Crippen LogP contribution in [0.25, 0.3) is 0 Å². The maximum absolute atomic E-state index is 12.0. The van der Waals surface area contributed by atoms with Crippen molar-refractivity contribution in [3.63, 3.8) is 0 Å². The van der Waals surface area contributed by atoms with Crippen LogP contribution >= 0.6 is 0 Å². The molecule has 0 aliphatic carbocycles. The van der Waals surface area contributed by atoms with Crippen LogP contribution in [0.4, 0.5) is 5.82 Å². The average molecular weight is 220 g/mol. The van der Waals surface area contributed by atoms with E-state index in [9.17, 15) is 4.79 Å². The van der Waals surface area contributed by atoms with E-state index >= 15 is 0 Å². The predicted molar refractivity (Wildman–Crippen MR) is 57.9 cm³/mol. The van der Waals surface area contributed by atoms with Crippen LogP contribution in [-0.2, 0) is 4.74 Å². The van der Waals surface area contributed by atoms with Crippen LogP contribution in [0.1, 0.15) is 18.1 Å². The number of rotatable bonds is 3. The minimum Gasteiger partial charge on any atom is -0.501 e. The van der Waals surface area contributed by atoms with E-state index in [4.69, 9.17) is 4.74 Å². The lowest BCUT2D eigenvalue weighted by Gasteiger charge is -2.06. The molecule has 5 nitrogen and oxygen atoms in total. The Labute approximate surface area is 93.8 Å². The minimum atomic E-state index is -0.268. The first-order chi connectivity index (χ1) is 7.76. The molecule has 16 heavy (non-hydrogen) atoms. The van der Waals surface area contributed by atoms with E-state index < -0.39 is 0 Å². The van der Waals surface area contributed by atoms with Crippen molar-refractivity contribution < 1.29 is 14.1 Å². The zero-order valence-electron chi connectivity index (χ0n) is 9.30. The molecule has 1 aromatic rings. The van der Waals surface area contributed by atoms with E-state index in [0.29, 0.717) is 6.42 Å².